The molecule has 0 aliphatic carbocycles. The highest BCUT2D eigenvalue weighted by molar-refractivity contribution is 7.13. The third kappa shape index (κ3) is 4.38. The van der Waals surface area contributed by atoms with Crippen molar-refractivity contribution < 1.29 is 9.53 Å². The van der Waals surface area contributed by atoms with Gasteiger partial charge in [-0.25, -0.2) is 19.7 Å². The fraction of sp³-hybridized carbons (Fsp3) is 0.579. The zero-order chi connectivity index (χ0) is 18.9. The van der Waals surface area contributed by atoms with Crippen LogP contribution >= 0.6 is 11.3 Å². The van der Waals surface area contributed by atoms with Gasteiger partial charge in [0.05, 0.1) is 17.7 Å². The van der Waals surface area contributed by atoms with E-state index >= 15 is 0 Å². The molecule has 0 saturated carbocycles. The van der Waals surface area contributed by atoms with Gasteiger partial charge >= 0.3 is 5.97 Å². The highest BCUT2D eigenvalue weighted by Crippen LogP contribution is 2.28. The van der Waals surface area contributed by atoms with Gasteiger partial charge in [-0.1, -0.05) is 20.8 Å². The maximum Gasteiger partial charge on any atom is 0.350 e. The lowest BCUT2D eigenvalue weighted by molar-refractivity contribution is 0.0274. The summed E-state index contributed by atoms with van der Waals surface area (Å²) in [6.45, 7) is 11.7. The molecule has 1 aliphatic rings. The zero-order valence-corrected chi connectivity index (χ0v) is 16.9. The van der Waals surface area contributed by atoms with E-state index in [-0.39, 0.29) is 17.5 Å². The Kier molecular flexibility index (Phi) is 5.27. The Bertz CT molecular complexity index is 777. The van der Waals surface area contributed by atoms with Crippen molar-refractivity contribution in [1.82, 2.24) is 15.0 Å². The van der Waals surface area contributed by atoms with E-state index in [4.69, 9.17) is 4.74 Å². The van der Waals surface area contributed by atoms with Gasteiger partial charge in [0.15, 0.2) is 0 Å². The third-order valence-corrected chi connectivity index (χ3v) is 5.68. The Morgan fingerprint density at radius 2 is 2.08 bits per heavy atom. The molecule has 3 rings (SSSR count). The number of rotatable bonds is 3. The number of carbonyl (C=O) groups is 1. The Labute approximate surface area is 158 Å². The van der Waals surface area contributed by atoms with Gasteiger partial charge in [0, 0.05) is 23.7 Å². The molecule has 0 N–H and O–H groups in total. The average molecular weight is 375 g/mol. The number of hydrogen-bond donors (Lipinski definition) is 0. The van der Waals surface area contributed by atoms with Crippen LogP contribution in [-0.2, 0) is 10.2 Å². The molecule has 0 unspecified atom stereocenters. The minimum Gasteiger partial charge on any atom is -0.456 e. The Morgan fingerprint density at radius 3 is 2.73 bits per heavy atom. The largest absolute Gasteiger partial charge is 0.456 e. The number of hydrogen-bond acceptors (Lipinski definition) is 7. The Balaban J connectivity index is 1.66. The second kappa shape index (κ2) is 7.31. The maximum absolute atomic E-state index is 12.5. The van der Waals surface area contributed by atoms with Crippen molar-refractivity contribution in [3.63, 3.8) is 0 Å². The first kappa shape index (κ1) is 18.8. The van der Waals surface area contributed by atoms with Crippen molar-refractivity contribution in [1.29, 1.82) is 0 Å². The lowest BCUT2D eigenvalue weighted by atomic mass is 9.98. The van der Waals surface area contributed by atoms with Crippen molar-refractivity contribution in [2.75, 3.05) is 18.0 Å². The summed E-state index contributed by atoms with van der Waals surface area (Å²) in [5, 5.41) is 0.946. The zero-order valence-electron chi connectivity index (χ0n) is 16.1. The van der Waals surface area contributed by atoms with Gasteiger partial charge in [-0.05, 0) is 26.7 Å². The molecule has 1 aliphatic heterocycles. The van der Waals surface area contributed by atoms with E-state index in [0.29, 0.717) is 11.4 Å². The van der Waals surface area contributed by atoms with Crippen LogP contribution < -0.4 is 4.90 Å². The van der Waals surface area contributed by atoms with Gasteiger partial charge in [-0.2, -0.15) is 0 Å². The number of carbonyl (C=O) groups excluding carboxylic acids is 1. The molecule has 0 amide bonds. The molecule has 2 aromatic heterocycles. The SMILES string of the molecule is Cc1cc(N2CCC[C@@H](OC(=O)c3cnc(C(C)(C)C)s3)C2)nc(C)n1. The smallest absolute Gasteiger partial charge is 0.350 e. The summed E-state index contributed by atoms with van der Waals surface area (Å²) in [5.74, 6) is 1.39. The molecule has 2 aromatic rings. The molecule has 3 heterocycles. The van der Waals surface area contributed by atoms with Gasteiger partial charge in [0.1, 0.15) is 22.6 Å². The Morgan fingerprint density at radius 1 is 1.31 bits per heavy atom. The lowest BCUT2D eigenvalue weighted by Crippen LogP contribution is -2.41. The lowest BCUT2D eigenvalue weighted by Gasteiger charge is -2.33. The first-order chi connectivity index (χ1) is 12.2. The van der Waals surface area contributed by atoms with Gasteiger partial charge in [0.25, 0.3) is 0 Å². The fourth-order valence-corrected chi connectivity index (χ4v) is 3.88. The van der Waals surface area contributed by atoms with Crippen LogP contribution in [-0.4, -0.2) is 40.1 Å². The number of piperidine rings is 1. The maximum atomic E-state index is 12.5. The second-order valence-electron chi connectivity index (χ2n) is 7.81. The molecule has 0 aromatic carbocycles. The van der Waals surface area contributed by atoms with Crippen molar-refractivity contribution >= 4 is 23.1 Å². The molecule has 1 saturated heterocycles. The van der Waals surface area contributed by atoms with Gasteiger partial charge in [0.2, 0.25) is 0 Å². The van der Waals surface area contributed by atoms with E-state index < -0.39 is 0 Å². The predicted octanol–water partition coefficient (Wildman–Crippen LogP) is 3.67. The van der Waals surface area contributed by atoms with Crippen LogP contribution in [0.4, 0.5) is 5.82 Å². The Hall–Kier alpha value is -2.02. The van der Waals surface area contributed by atoms with E-state index in [1.54, 1.807) is 6.20 Å². The molecule has 26 heavy (non-hydrogen) atoms. The molecule has 0 bridgehead atoms. The van der Waals surface area contributed by atoms with Crippen LogP contribution in [0.15, 0.2) is 12.3 Å². The van der Waals surface area contributed by atoms with Crippen LogP contribution in [0.3, 0.4) is 0 Å². The van der Waals surface area contributed by atoms with E-state index in [0.717, 1.165) is 41.7 Å². The van der Waals surface area contributed by atoms with E-state index in [1.165, 1.54) is 11.3 Å². The van der Waals surface area contributed by atoms with E-state index in [9.17, 15) is 4.79 Å². The van der Waals surface area contributed by atoms with Gasteiger partial charge in [-0.3, -0.25) is 0 Å². The summed E-state index contributed by atoms with van der Waals surface area (Å²) in [6, 6.07) is 1.98. The quantitative estimate of drug-likeness (QED) is 0.764. The summed E-state index contributed by atoms with van der Waals surface area (Å²) in [7, 11) is 0. The molecule has 7 heteroatoms. The number of aromatic nitrogens is 3. The molecular formula is C19H26N4O2S. The molecule has 6 nitrogen and oxygen atoms in total. The highest BCUT2D eigenvalue weighted by atomic mass is 32.1. The van der Waals surface area contributed by atoms with Gasteiger partial charge < -0.3 is 9.64 Å². The topological polar surface area (TPSA) is 68.2 Å². The molecular weight excluding hydrogens is 348 g/mol. The normalized spacial score (nSPS) is 18.0. The molecule has 0 radical (unpaired) electrons. The second-order valence-corrected chi connectivity index (χ2v) is 8.84. The number of nitrogens with zero attached hydrogens (tertiary/aromatic N) is 4. The summed E-state index contributed by atoms with van der Waals surface area (Å²) in [4.78, 5) is 28.5. The molecule has 1 atom stereocenters. The van der Waals surface area contributed by atoms with Crippen LogP contribution in [0.25, 0.3) is 0 Å². The third-order valence-electron chi connectivity index (χ3n) is 4.28. The minimum atomic E-state index is -0.278. The standard InChI is InChI=1S/C19H26N4O2S/c1-12-9-16(22-13(2)21-12)23-8-6-7-14(11-23)25-17(24)15-10-20-18(26-15)19(3,4)5/h9-10,14H,6-8,11H2,1-5H3/t14-/m1/s1. The number of ether oxygens (including phenoxy) is 1. The van der Waals surface area contributed by atoms with Crippen molar-refractivity contribution in [3.8, 4) is 0 Å². The molecule has 1 fully saturated rings. The fourth-order valence-electron chi connectivity index (χ4n) is 3.03. The van der Waals surface area contributed by atoms with Crippen LogP contribution in [0.2, 0.25) is 0 Å². The molecule has 140 valence electrons. The minimum absolute atomic E-state index is 0.0619. The van der Waals surface area contributed by atoms with Crippen LogP contribution in [0.5, 0.6) is 0 Å². The first-order valence-corrected chi connectivity index (χ1v) is 9.78. The highest BCUT2D eigenvalue weighted by Gasteiger charge is 2.27. The van der Waals surface area contributed by atoms with Crippen LogP contribution in [0.1, 0.15) is 59.8 Å². The molecule has 0 spiro atoms. The van der Waals surface area contributed by atoms with E-state index in [2.05, 4.69) is 40.6 Å². The summed E-state index contributed by atoms with van der Waals surface area (Å²) >= 11 is 1.42. The number of anilines is 1. The van der Waals surface area contributed by atoms with Crippen molar-refractivity contribution in [2.45, 2.75) is 59.0 Å². The monoisotopic (exact) mass is 374 g/mol. The average Bonchev–Trinajstić information content (AvgIpc) is 3.04. The summed E-state index contributed by atoms with van der Waals surface area (Å²) in [5.41, 5.74) is 0.888. The van der Waals surface area contributed by atoms with Crippen LogP contribution in [0, 0.1) is 13.8 Å². The van der Waals surface area contributed by atoms with Crippen molar-refractivity contribution in [3.05, 3.63) is 33.7 Å². The first-order valence-electron chi connectivity index (χ1n) is 8.97. The van der Waals surface area contributed by atoms with Gasteiger partial charge in [-0.15, -0.1) is 11.3 Å². The van der Waals surface area contributed by atoms with E-state index in [1.807, 2.05) is 19.9 Å². The number of thiazole rings is 1. The number of esters is 1. The predicted molar refractivity (Wildman–Crippen MR) is 103 cm³/mol. The summed E-state index contributed by atoms with van der Waals surface area (Å²) in [6.07, 6.45) is 3.34. The van der Waals surface area contributed by atoms with Crippen molar-refractivity contribution in [2.24, 2.45) is 0 Å². The summed E-state index contributed by atoms with van der Waals surface area (Å²) < 4.78 is 5.76. The number of aryl methyl sites for hydroxylation is 2.